The average molecular weight is 361 g/mol. The minimum absolute atomic E-state index is 0.127. The molecule has 1 amide bonds. The van der Waals surface area contributed by atoms with E-state index >= 15 is 0 Å². The lowest BCUT2D eigenvalue weighted by molar-refractivity contribution is -0.121. The molecule has 0 aliphatic carbocycles. The number of nitrogens with two attached hydrogens (primary N) is 1. The highest BCUT2D eigenvalue weighted by molar-refractivity contribution is 9.10. The minimum atomic E-state index is -1.47. The summed E-state index contributed by atoms with van der Waals surface area (Å²) in [6.45, 7) is 5.69. The Balaban J connectivity index is 2.85. The number of nitrogens with one attached hydrogen (secondary N) is 1. The van der Waals surface area contributed by atoms with Gasteiger partial charge in [-0.05, 0) is 38.0 Å². The van der Waals surface area contributed by atoms with Gasteiger partial charge >= 0.3 is 0 Å². The van der Waals surface area contributed by atoms with E-state index in [1.165, 1.54) is 0 Å². The molecule has 0 spiro atoms. The quantitative estimate of drug-likeness (QED) is 0.766. The van der Waals surface area contributed by atoms with Gasteiger partial charge in [0.05, 0.1) is 15.7 Å². The summed E-state index contributed by atoms with van der Waals surface area (Å²) in [5.74, 6) is -0.198. The molecule has 0 aromatic heterocycles. The second kappa shape index (κ2) is 7.78. The van der Waals surface area contributed by atoms with E-state index in [2.05, 4.69) is 21.2 Å². The SMILES string of the molecule is CCC(CC)NC(=O)C(C)S(=O)c1cc(Br)ccc1N. The van der Waals surface area contributed by atoms with Crippen molar-refractivity contribution >= 4 is 38.3 Å². The molecule has 0 saturated carbocycles. The van der Waals surface area contributed by atoms with Crippen LogP contribution in [0.15, 0.2) is 27.6 Å². The fourth-order valence-electron chi connectivity index (χ4n) is 1.78. The second-order valence-corrected chi connectivity index (χ2v) is 7.30. The molecule has 0 aliphatic heterocycles. The summed E-state index contributed by atoms with van der Waals surface area (Å²) < 4.78 is 13.3. The number of nitrogen functional groups attached to an aromatic ring is 1. The van der Waals surface area contributed by atoms with Crippen LogP contribution in [-0.2, 0) is 15.6 Å². The van der Waals surface area contributed by atoms with E-state index in [1.807, 2.05) is 13.8 Å². The number of carbonyl (C=O) groups excluding carboxylic acids is 1. The molecule has 0 saturated heterocycles. The summed E-state index contributed by atoms with van der Waals surface area (Å²) in [4.78, 5) is 12.6. The van der Waals surface area contributed by atoms with Gasteiger partial charge in [-0.2, -0.15) is 0 Å². The van der Waals surface area contributed by atoms with Gasteiger partial charge in [-0.15, -0.1) is 0 Å². The van der Waals surface area contributed by atoms with Gasteiger partial charge in [0.2, 0.25) is 5.91 Å². The molecule has 20 heavy (non-hydrogen) atoms. The van der Waals surface area contributed by atoms with Gasteiger partial charge in [0, 0.05) is 16.2 Å². The van der Waals surface area contributed by atoms with E-state index in [0.717, 1.165) is 17.3 Å². The van der Waals surface area contributed by atoms with Crippen molar-refractivity contribution in [2.24, 2.45) is 0 Å². The molecule has 0 fully saturated rings. The first-order chi connectivity index (χ1) is 9.40. The van der Waals surface area contributed by atoms with Crippen molar-refractivity contribution in [2.75, 3.05) is 5.73 Å². The zero-order valence-electron chi connectivity index (χ0n) is 12.0. The Kier molecular flexibility index (Phi) is 6.68. The molecule has 3 N–H and O–H groups in total. The number of hydrogen-bond acceptors (Lipinski definition) is 3. The molecule has 6 heteroatoms. The van der Waals surface area contributed by atoms with Crippen LogP contribution < -0.4 is 11.1 Å². The third kappa shape index (κ3) is 4.31. The molecular formula is C14H21BrN2O2S. The number of amides is 1. The predicted molar refractivity (Wildman–Crippen MR) is 86.9 cm³/mol. The van der Waals surface area contributed by atoms with Crippen molar-refractivity contribution in [1.82, 2.24) is 5.32 Å². The lowest BCUT2D eigenvalue weighted by atomic mass is 10.2. The standard InChI is InChI=1S/C14H21BrN2O2S/c1-4-11(5-2)17-14(18)9(3)20(19)13-8-10(15)6-7-12(13)16/h6-9,11H,4-5,16H2,1-3H3,(H,17,18). The van der Waals surface area contributed by atoms with E-state index in [9.17, 15) is 9.00 Å². The second-order valence-electron chi connectivity index (χ2n) is 4.64. The van der Waals surface area contributed by atoms with Gasteiger partial charge in [0.25, 0.3) is 0 Å². The zero-order valence-corrected chi connectivity index (χ0v) is 14.4. The number of benzene rings is 1. The van der Waals surface area contributed by atoms with Gasteiger partial charge < -0.3 is 11.1 Å². The van der Waals surface area contributed by atoms with E-state index in [1.54, 1.807) is 25.1 Å². The van der Waals surface area contributed by atoms with E-state index < -0.39 is 16.0 Å². The summed E-state index contributed by atoms with van der Waals surface area (Å²) in [5.41, 5.74) is 6.27. The van der Waals surface area contributed by atoms with Crippen LogP contribution >= 0.6 is 15.9 Å². The van der Waals surface area contributed by atoms with E-state index in [4.69, 9.17) is 5.73 Å². The maximum atomic E-state index is 12.5. The normalized spacial score (nSPS) is 14.1. The molecule has 1 rings (SSSR count). The molecule has 2 atom stereocenters. The largest absolute Gasteiger partial charge is 0.398 e. The molecule has 0 aliphatic rings. The molecule has 4 nitrogen and oxygen atoms in total. The number of hydrogen-bond donors (Lipinski definition) is 2. The van der Waals surface area contributed by atoms with Crippen molar-refractivity contribution in [3.63, 3.8) is 0 Å². The topological polar surface area (TPSA) is 72.2 Å². The summed E-state index contributed by atoms with van der Waals surface area (Å²) in [7, 11) is -1.47. The molecule has 2 unspecified atom stereocenters. The zero-order chi connectivity index (χ0) is 15.3. The van der Waals surface area contributed by atoms with Gasteiger partial charge in [0.15, 0.2) is 0 Å². The fraction of sp³-hybridized carbons (Fsp3) is 0.500. The number of carbonyl (C=O) groups is 1. The first-order valence-corrected chi connectivity index (χ1v) is 8.67. The maximum Gasteiger partial charge on any atom is 0.236 e. The number of rotatable bonds is 6. The monoisotopic (exact) mass is 360 g/mol. The first kappa shape index (κ1) is 17.2. The third-order valence-electron chi connectivity index (χ3n) is 3.21. The summed E-state index contributed by atoms with van der Waals surface area (Å²) in [5, 5.41) is 2.28. The van der Waals surface area contributed by atoms with Crippen LogP contribution in [0.1, 0.15) is 33.6 Å². The van der Waals surface area contributed by atoms with Crippen molar-refractivity contribution in [2.45, 2.75) is 49.8 Å². The van der Waals surface area contributed by atoms with Crippen molar-refractivity contribution in [3.05, 3.63) is 22.7 Å². The van der Waals surface area contributed by atoms with E-state index in [0.29, 0.717) is 10.6 Å². The molecule has 0 radical (unpaired) electrons. The highest BCUT2D eigenvalue weighted by Crippen LogP contribution is 2.23. The van der Waals surface area contributed by atoms with Gasteiger partial charge in [-0.1, -0.05) is 29.8 Å². The molecule has 1 aromatic rings. The van der Waals surface area contributed by atoms with Crippen LogP contribution in [0.3, 0.4) is 0 Å². The minimum Gasteiger partial charge on any atom is -0.398 e. The Morgan fingerprint density at radius 2 is 2.00 bits per heavy atom. The van der Waals surface area contributed by atoms with E-state index in [-0.39, 0.29) is 11.9 Å². The molecule has 0 heterocycles. The Labute approximate surface area is 131 Å². The van der Waals surface area contributed by atoms with Crippen LogP contribution in [0.2, 0.25) is 0 Å². The number of halogens is 1. The van der Waals surface area contributed by atoms with Crippen LogP contribution in [0.25, 0.3) is 0 Å². The van der Waals surface area contributed by atoms with Crippen molar-refractivity contribution in [1.29, 1.82) is 0 Å². The smallest absolute Gasteiger partial charge is 0.236 e. The Morgan fingerprint density at radius 3 is 2.55 bits per heavy atom. The van der Waals surface area contributed by atoms with Crippen molar-refractivity contribution < 1.29 is 9.00 Å². The van der Waals surface area contributed by atoms with Crippen LogP contribution in [0, 0.1) is 0 Å². The summed E-state index contributed by atoms with van der Waals surface area (Å²) >= 11 is 3.32. The van der Waals surface area contributed by atoms with Crippen LogP contribution in [-0.4, -0.2) is 21.4 Å². The fourth-order valence-corrected chi connectivity index (χ4v) is 3.48. The third-order valence-corrected chi connectivity index (χ3v) is 5.35. The Hall–Kier alpha value is -0.880. The summed E-state index contributed by atoms with van der Waals surface area (Å²) in [6.07, 6.45) is 1.72. The molecular weight excluding hydrogens is 340 g/mol. The van der Waals surface area contributed by atoms with Crippen LogP contribution in [0.5, 0.6) is 0 Å². The highest BCUT2D eigenvalue weighted by Gasteiger charge is 2.24. The summed E-state index contributed by atoms with van der Waals surface area (Å²) in [6, 6.07) is 5.29. The average Bonchev–Trinajstić information content (AvgIpc) is 2.45. The van der Waals surface area contributed by atoms with Gasteiger partial charge in [0.1, 0.15) is 5.25 Å². The Morgan fingerprint density at radius 1 is 1.40 bits per heavy atom. The Bertz CT molecular complexity index is 504. The van der Waals surface area contributed by atoms with Crippen LogP contribution in [0.4, 0.5) is 5.69 Å². The molecule has 1 aromatic carbocycles. The lowest BCUT2D eigenvalue weighted by Gasteiger charge is -2.18. The maximum absolute atomic E-state index is 12.5. The molecule has 112 valence electrons. The number of anilines is 1. The lowest BCUT2D eigenvalue weighted by Crippen LogP contribution is -2.41. The molecule has 0 bridgehead atoms. The van der Waals surface area contributed by atoms with Crippen molar-refractivity contribution in [3.8, 4) is 0 Å². The van der Waals surface area contributed by atoms with Gasteiger partial charge in [-0.25, -0.2) is 0 Å². The first-order valence-electron chi connectivity index (χ1n) is 6.66. The highest BCUT2D eigenvalue weighted by atomic mass is 79.9. The predicted octanol–water partition coefficient (Wildman–Crippen LogP) is 2.83. The van der Waals surface area contributed by atoms with Gasteiger partial charge in [-0.3, -0.25) is 9.00 Å².